The Morgan fingerprint density at radius 2 is 2.26 bits per heavy atom. The normalized spacial score (nSPS) is 20.3. The van der Waals surface area contributed by atoms with Crippen LogP contribution in [0.1, 0.15) is 23.2 Å². The third kappa shape index (κ3) is 3.44. The van der Waals surface area contributed by atoms with Crippen molar-refractivity contribution >= 4 is 30.1 Å². The summed E-state index contributed by atoms with van der Waals surface area (Å²) in [7, 11) is 3.94. The number of likely N-dealkylation sites (tertiary alicyclic amines) is 1. The summed E-state index contributed by atoms with van der Waals surface area (Å²) in [6.45, 7) is 2.02. The molecule has 0 aliphatic carbocycles. The summed E-state index contributed by atoms with van der Waals surface area (Å²) in [4.78, 5) is 17.3. The number of likely N-dealkylation sites (N-methyl/N-ethyl adjacent to an activating group) is 2. The summed E-state index contributed by atoms with van der Waals surface area (Å²) >= 11 is 10.4. The number of thiol groups is 1. The van der Waals surface area contributed by atoms with Gasteiger partial charge in [0.25, 0.3) is 5.91 Å². The number of halogens is 1. The second-order valence-electron chi connectivity index (χ2n) is 5.14. The van der Waals surface area contributed by atoms with Crippen LogP contribution in [0.4, 0.5) is 0 Å². The fourth-order valence-electron chi connectivity index (χ4n) is 2.49. The highest BCUT2D eigenvalue weighted by Crippen LogP contribution is 2.23. The summed E-state index contributed by atoms with van der Waals surface area (Å²) in [6.07, 6.45) is 2.17. The number of hydrogen-bond donors (Lipinski definition) is 1. The molecule has 1 aliphatic heterocycles. The number of carbonyl (C=O) groups excluding carboxylic acids is 1. The Kier molecular flexibility index (Phi) is 4.76. The standard InChI is InChI=1S/C14H19ClN2OS/c1-16-7-3-4-10(9-16)17(2)14(18)12-8-11(19)5-6-13(12)15/h5-6,8,10,19H,3-4,7,9H2,1-2H3. The van der Waals surface area contributed by atoms with E-state index in [-0.39, 0.29) is 11.9 Å². The van der Waals surface area contributed by atoms with Gasteiger partial charge in [-0.25, -0.2) is 0 Å². The van der Waals surface area contributed by atoms with Gasteiger partial charge in [0, 0.05) is 24.5 Å². The summed E-state index contributed by atoms with van der Waals surface area (Å²) in [6, 6.07) is 5.50. The van der Waals surface area contributed by atoms with Crippen molar-refractivity contribution in [3.05, 3.63) is 28.8 Å². The van der Waals surface area contributed by atoms with E-state index < -0.39 is 0 Å². The largest absolute Gasteiger partial charge is 0.337 e. The minimum Gasteiger partial charge on any atom is -0.337 e. The summed E-state index contributed by atoms with van der Waals surface area (Å²) < 4.78 is 0. The zero-order chi connectivity index (χ0) is 14.0. The van der Waals surface area contributed by atoms with Crippen molar-refractivity contribution in [1.82, 2.24) is 9.80 Å². The first-order chi connectivity index (χ1) is 8.99. The van der Waals surface area contributed by atoms with Crippen molar-refractivity contribution in [2.75, 3.05) is 27.2 Å². The summed E-state index contributed by atoms with van der Waals surface area (Å²) in [5.41, 5.74) is 0.532. The van der Waals surface area contributed by atoms with E-state index in [4.69, 9.17) is 11.6 Å². The summed E-state index contributed by atoms with van der Waals surface area (Å²) in [5, 5.41) is 0.485. The predicted molar refractivity (Wildman–Crippen MR) is 81.3 cm³/mol. The Morgan fingerprint density at radius 1 is 1.53 bits per heavy atom. The SMILES string of the molecule is CN1CCCC(N(C)C(=O)c2cc(S)ccc2Cl)C1. The topological polar surface area (TPSA) is 23.6 Å². The van der Waals surface area contributed by atoms with Gasteiger partial charge < -0.3 is 9.80 Å². The first-order valence-electron chi connectivity index (χ1n) is 6.43. The molecule has 0 spiro atoms. The maximum absolute atomic E-state index is 12.5. The molecule has 104 valence electrons. The fraction of sp³-hybridized carbons (Fsp3) is 0.500. The molecule has 1 fully saturated rings. The number of hydrogen-bond acceptors (Lipinski definition) is 3. The van der Waals surface area contributed by atoms with E-state index in [1.54, 1.807) is 18.2 Å². The van der Waals surface area contributed by atoms with Crippen LogP contribution in [-0.4, -0.2) is 48.9 Å². The minimum absolute atomic E-state index is 0.0267. The summed E-state index contributed by atoms with van der Waals surface area (Å²) in [5.74, 6) is -0.0267. The number of nitrogens with zero attached hydrogens (tertiary/aromatic N) is 2. The van der Waals surface area contributed by atoms with Gasteiger partial charge in [0.05, 0.1) is 10.6 Å². The van der Waals surface area contributed by atoms with Crippen LogP contribution in [0.3, 0.4) is 0 Å². The van der Waals surface area contributed by atoms with Gasteiger partial charge in [-0.05, 0) is 44.6 Å². The average molecular weight is 299 g/mol. The first-order valence-corrected chi connectivity index (χ1v) is 7.26. The van der Waals surface area contributed by atoms with Crippen LogP contribution in [-0.2, 0) is 0 Å². The third-order valence-corrected chi connectivity index (χ3v) is 4.26. The van der Waals surface area contributed by atoms with Gasteiger partial charge in [0.1, 0.15) is 0 Å². The van der Waals surface area contributed by atoms with E-state index in [2.05, 4.69) is 24.6 Å². The van der Waals surface area contributed by atoms with Crippen LogP contribution in [0.25, 0.3) is 0 Å². The van der Waals surface area contributed by atoms with Crippen molar-refractivity contribution in [3.8, 4) is 0 Å². The van der Waals surface area contributed by atoms with Crippen LogP contribution in [0.15, 0.2) is 23.1 Å². The van der Waals surface area contributed by atoms with E-state index in [0.717, 1.165) is 30.8 Å². The highest BCUT2D eigenvalue weighted by atomic mass is 35.5. The van der Waals surface area contributed by atoms with E-state index in [1.807, 2.05) is 11.9 Å². The van der Waals surface area contributed by atoms with Crippen LogP contribution < -0.4 is 0 Å². The molecule has 1 aromatic carbocycles. The lowest BCUT2D eigenvalue weighted by Gasteiger charge is -2.36. The lowest BCUT2D eigenvalue weighted by molar-refractivity contribution is 0.0644. The first kappa shape index (κ1) is 14.7. The van der Waals surface area contributed by atoms with Gasteiger partial charge >= 0.3 is 0 Å². The van der Waals surface area contributed by atoms with E-state index >= 15 is 0 Å². The zero-order valence-corrected chi connectivity index (χ0v) is 12.9. The Morgan fingerprint density at radius 3 is 2.95 bits per heavy atom. The molecule has 1 unspecified atom stereocenters. The van der Waals surface area contributed by atoms with Crippen LogP contribution >= 0.6 is 24.2 Å². The second-order valence-corrected chi connectivity index (χ2v) is 6.06. The van der Waals surface area contributed by atoms with Crippen LogP contribution in [0, 0.1) is 0 Å². The van der Waals surface area contributed by atoms with Gasteiger partial charge in [0.2, 0.25) is 0 Å². The Bertz CT molecular complexity index is 481. The molecule has 1 heterocycles. The number of benzene rings is 1. The maximum Gasteiger partial charge on any atom is 0.255 e. The Hall–Kier alpha value is -0.710. The molecule has 1 saturated heterocycles. The molecule has 0 bridgehead atoms. The van der Waals surface area contributed by atoms with Gasteiger partial charge in [0.15, 0.2) is 0 Å². The Balaban J connectivity index is 2.16. The molecule has 0 radical (unpaired) electrons. The number of rotatable bonds is 2. The number of carbonyl (C=O) groups is 1. The van der Waals surface area contributed by atoms with Crippen molar-refractivity contribution in [2.45, 2.75) is 23.8 Å². The van der Waals surface area contributed by atoms with E-state index in [9.17, 15) is 4.79 Å². The molecule has 2 rings (SSSR count). The maximum atomic E-state index is 12.5. The molecule has 0 saturated carbocycles. The monoisotopic (exact) mass is 298 g/mol. The van der Waals surface area contributed by atoms with Gasteiger partial charge in [-0.1, -0.05) is 11.6 Å². The molecule has 3 nitrogen and oxygen atoms in total. The number of amides is 1. The molecular weight excluding hydrogens is 280 g/mol. The third-order valence-electron chi connectivity index (χ3n) is 3.65. The predicted octanol–water partition coefficient (Wildman–Crippen LogP) is 2.79. The van der Waals surface area contributed by atoms with Crippen molar-refractivity contribution in [2.24, 2.45) is 0 Å². The molecule has 1 amide bonds. The van der Waals surface area contributed by atoms with E-state index in [1.165, 1.54) is 0 Å². The van der Waals surface area contributed by atoms with Crippen LogP contribution in [0.2, 0.25) is 5.02 Å². The lowest BCUT2D eigenvalue weighted by atomic mass is 10.0. The Labute approximate surface area is 124 Å². The highest BCUT2D eigenvalue weighted by Gasteiger charge is 2.26. The van der Waals surface area contributed by atoms with Gasteiger partial charge in [-0.3, -0.25) is 4.79 Å². The smallest absolute Gasteiger partial charge is 0.255 e. The molecule has 1 atom stereocenters. The molecule has 1 aromatic rings. The quantitative estimate of drug-likeness (QED) is 0.849. The minimum atomic E-state index is -0.0267. The molecule has 19 heavy (non-hydrogen) atoms. The average Bonchev–Trinajstić information content (AvgIpc) is 2.40. The van der Waals surface area contributed by atoms with Crippen molar-refractivity contribution in [3.63, 3.8) is 0 Å². The van der Waals surface area contributed by atoms with Gasteiger partial charge in [-0.15, -0.1) is 12.6 Å². The zero-order valence-electron chi connectivity index (χ0n) is 11.3. The molecule has 0 N–H and O–H groups in total. The van der Waals surface area contributed by atoms with Crippen molar-refractivity contribution in [1.29, 1.82) is 0 Å². The second kappa shape index (κ2) is 6.16. The molecular formula is C14H19ClN2OS. The number of piperidine rings is 1. The highest BCUT2D eigenvalue weighted by molar-refractivity contribution is 7.80. The van der Waals surface area contributed by atoms with Crippen molar-refractivity contribution < 1.29 is 4.79 Å². The molecule has 0 aromatic heterocycles. The molecule has 5 heteroatoms. The fourth-order valence-corrected chi connectivity index (χ4v) is 2.89. The van der Waals surface area contributed by atoms with Crippen LogP contribution in [0.5, 0.6) is 0 Å². The van der Waals surface area contributed by atoms with Gasteiger partial charge in [-0.2, -0.15) is 0 Å². The lowest BCUT2D eigenvalue weighted by Crippen LogP contribution is -2.47. The van der Waals surface area contributed by atoms with E-state index in [0.29, 0.717) is 10.6 Å². The molecule has 1 aliphatic rings.